The molecule has 1 aromatic carbocycles. The molecule has 2 N–H and O–H groups in total. The molecule has 0 saturated heterocycles. The molecule has 14 heavy (non-hydrogen) atoms. The topological polar surface area (TPSA) is 72.6 Å². The maximum atomic E-state index is 11.5. The summed E-state index contributed by atoms with van der Waals surface area (Å²) < 4.78 is 27.7. The van der Waals surface area contributed by atoms with Crippen LogP contribution in [0.4, 0.5) is 5.69 Å². The highest BCUT2D eigenvalue weighted by atomic mass is 32.2. The third-order valence-corrected chi connectivity index (χ3v) is 2.84. The first-order valence-electron chi connectivity index (χ1n) is 3.90. The molecule has 78 valence electrons. The quantitative estimate of drug-likeness (QED) is 0.586. The van der Waals surface area contributed by atoms with E-state index in [-0.39, 0.29) is 10.6 Å². The molecule has 0 aliphatic carbocycles. The summed E-state index contributed by atoms with van der Waals surface area (Å²) in [5.41, 5.74) is 5.68. The van der Waals surface area contributed by atoms with Gasteiger partial charge < -0.3 is 5.73 Å². The third-order valence-electron chi connectivity index (χ3n) is 1.44. The van der Waals surface area contributed by atoms with Crippen molar-refractivity contribution in [1.29, 1.82) is 0 Å². The number of hydrogen-bond acceptors (Lipinski definition) is 5. The predicted molar refractivity (Wildman–Crippen MR) is 52.8 cm³/mol. The molecule has 0 bridgehead atoms. The number of para-hydroxylation sites is 1. The smallest absolute Gasteiger partial charge is 0.315 e. The SMILES string of the molecule is CN(C)OS(=O)(=O)c1ccccc1N. The minimum atomic E-state index is -3.79. The molecule has 0 fully saturated rings. The molecule has 0 unspecified atom stereocenters. The van der Waals surface area contributed by atoms with Crippen LogP contribution in [0.3, 0.4) is 0 Å². The molecular formula is C8H12N2O3S. The number of anilines is 1. The van der Waals surface area contributed by atoms with Crippen molar-refractivity contribution < 1.29 is 12.7 Å². The van der Waals surface area contributed by atoms with Crippen molar-refractivity contribution in [3.05, 3.63) is 24.3 Å². The lowest BCUT2D eigenvalue weighted by Crippen LogP contribution is -2.19. The molecule has 1 rings (SSSR count). The van der Waals surface area contributed by atoms with E-state index in [2.05, 4.69) is 4.28 Å². The summed E-state index contributed by atoms with van der Waals surface area (Å²) in [6, 6.07) is 6.15. The van der Waals surface area contributed by atoms with Crippen molar-refractivity contribution >= 4 is 15.8 Å². The van der Waals surface area contributed by atoms with Gasteiger partial charge in [0.05, 0.1) is 5.69 Å². The molecule has 0 atom stereocenters. The van der Waals surface area contributed by atoms with Crippen LogP contribution in [0.15, 0.2) is 29.2 Å². The van der Waals surface area contributed by atoms with E-state index in [1.54, 1.807) is 12.1 Å². The number of hydrogen-bond donors (Lipinski definition) is 1. The summed E-state index contributed by atoms with van der Waals surface area (Å²) in [6.45, 7) is 0. The Hall–Kier alpha value is -1.11. The number of rotatable bonds is 3. The van der Waals surface area contributed by atoms with Gasteiger partial charge in [0.2, 0.25) is 0 Å². The summed E-state index contributed by atoms with van der Waals surface area (Å²) in [7, 11) is -0.824. The van der Waals surface area contributed by atoms with Gasteiger partial charge in [0.25, 0.3) is 0 Å². The van der Waals surface area contributed by atoms with E-state index in [0.717, 1.165) is 5.06 Å². The molecule has 6 heteroatoms. The molecule has 0 amide bonds. The lowest BCUT2D eigenvalue weighted by Gasteiger charge is -2.11. The Morgan fingerprint density at radius 2 is 1.86 bits per heavy atom. The highest BCUT2D eigenvalue weighted by molar-refractivity contribution is 7.86. The van der Waals surface area contributed by atoms with Crippen molar-refractivity contribution in [3.8, 4) is 0 Å². The normalized spacial score (nSPS) is 11.9. The Balaban J connectivity index is 3.11. The molecule has 0 saturated carbocycles. The molecule has 5 nitrogen and oxygen atoms in total. The number of benzene rings is 1. The number of hydroxylamine groups is 2. The van der Waals surface area contributed by atoms with Gasteiger partial charge in [-0.05, 0) is 12.1 Å². The summed E-state index contributed by atoms with van der Waals surface area (Å²) in [6.07, 6.45) is 0. The number of nitrogens with two attached hydrogens (primary N) is 1. The van der Waals surface area contributed by atoms with E-state index < -0.39 is 10.1 Å². The third kappa shape index (κ3) is 2.44. The molecule has 0 aliphatic heterocycles. The average molecular weight is 216 g/mol. The maximum absolute atomic E-state index is 11.5. The van der Waals surface area contributed by atoms with Crippen molar-refractivity contribution in [3.63, 3.8) is 0 Å². The zero-order valence-corrected chi connectivity index (χ0v) is 8.78. The van der Waals surface area contributed by atoms with Crippen LogP contribution in [-0.4, -0.2) is 27.6 Å². The van der Waals surface area contributed by atoms with Crippen LogP contribution >= 0.6 is 0 Å². The highest BCUT2D eigenvalue weighted by Crippen LogP contribution is 2.19. The van der Waals surface area contributed by atoms with Gasteiger partial charge in [0, 0.05) is 14.1 Å². The zero-order valence-electron chi connectivity index (χ0n) is 7.97. The van der Waals surface area contributed by atoms with Gasteiger partial charge in [-0.2, -0.15) is 17.8 Å². The fraction of sp³-hybridized carbons (Fsp3) is 0.250. The first kappa shape index (κ1) is 11.0. The lowest BCUT2D eigenvalue weighted by atomic mass is 10.3. The summed E-state index contributed by atoms with van der Waals surface area (Å²) in [4.78, 5) is -0.0197. The minimum absolute atomic E-state index is 0.0197. The van der Waals surface area contributed by atoms with E-state index >= 15 is 0 Å². The first-order chi connectivity index (χ1) is 6.43. The minimum Gasteiger partial charge on any atom is -0.398 e. The van der Waals surface area contributed by atoms with Gasteiger partial charge in [-0.15, -0.1) is 0 Å². The predicted octanol–water partition coefficient (Wildman–Crippen LogP) is 0.451. The van der Waals surface area contributed by atoms with Gasteiger partial charge in [-0.25, -0.2) is 0 Å². The zero-order chi connectivity index (χ0) is 10.8. The van der Waals surface area contributed by atoms with Crippen LogP contribution < -0.4 is 5.73 Å². The Kier molecular flexibility index (Phi) is 3.10. The molecule has 0 aromatic heterocycles. The van der Waals surface area contributed by atoms with Gasteiger partial charge in [0.1, 0.15) is 4.90 Å². The van der Waals surface area contributed by atoms with E-state index in [4.69, 9.17) is 5.73 Å². The maximum Gasteiger partial charge on any atom is 0.315 e. The van der Waals surface area contributed by atoms with Crippen molar-refractivity contribution in [1.82, 2.24) is 5.06 Å². The second kappa shape index (κ2) is 3.95. The van der Waals surface area contributed by atoms with Crippen LogP contribution in [0, 0.1) is 0 Å². The summed E-state index contributed by atoms with van der Waals surface area (Å²) in [5, 5.41) is 1.10. The number of nitrogen functional groups attached to an aromatic ring is 1. The monoisotopic (exact) mass is 216 g/mol. The Morgan fingerprint density at radius 3 is 2.36 bits per heavy atom. The van der Waals surface area contributed by atoms with E-state index in [0.29, 0.717) is 0 Å². The van der Waals surface area contributed by atoms with Crippen LogP contribution in [0.2, 0.25) is 0 Å². The molecule has 0 heterocycles. The Labute approximate surface area is 83.2 Å². The standard InChI is InChI=1S/C8H12N2O3S/c1-10(2)13-14(11,12)8-6-4-3-5-7(8)9/h3-6H,9H2,1-2H3. The largest absolute Gasteiger partial charge is 0.398 e. The first-order valence-corrected chi connectivity index (χ1v) is 5.31. The van der Waals surface area contributed by atoms with E-state index in [9.17, 15) is 8.42 Å². The molecule has 0 spiro atoms. The van der Waals surface area contributed by atoms with Crippen LogP contribution in [0.1, 0.15) is 0 Å². The van der Waals surface area contributed by atoms with Crippen LogP contribution in [0.5, 0.6) is 0 Å². The molecule has 0 aliphatic rings. The average Bonchev–Trinajstić information content (AvgIpc) is 2.02. The van der Waals surface area contributed by atoms with Crippen LogP contribution in [-0.2, 0) is 14.4 Å². The fourth-order valence-corrected chi connectivity index (χ4v) is 2.02. The van der Waals surface area contributed by atoms with Crippen molar-refractivity contribution in [2.45, 2.75) is 4.90 Å². The number of nitrogens with zero attached hydrogens (tertiary/aromatic N) is 1. The lowest BCUT2D eigenvalue weighted by molar-refractivity contribution is 0.00522. The van der Waals surface area contributed by atoms with Gasteiger partial charge in [-0.3, -0.25) is 0 Å². The fourth-order valence-electron chi connectivity index (χ4n) is 0.945. The van der Waals surface area contributed by atoms with Crippen molar-refractivity contribution in [2.75, 3.05) is 19.8 Å². The molecule has 0 radical (unpaired) electrons. The summed E-state index contributed by atoms with van der Waals surface area (Å²) in [5.74, 6) is 0. The van der Waals surface area contributed by atoms with Gasteiger partial charge in [-0.1, -0.05) is 12.1 Å². The highest BCUT2D eigenvalue weighted by Gasteiger charge is 2.19. The second-order valence-electron chi connectivity index (χ2n) is 2.88. The summed E-state index contributed by atoms with van der Waals surface area (Å²) >= 11 is 0. The van der Waals surface area contributed by atoms with E-state index in [1.165, 1.54) is 26.2 Å². The second-order valence-corrected chi connectivity index (χ2v) is 4.38. The van der Waals surface area contributed by atoms with Gasteiger partial charge >= 0.3 is 10.1 Å². The van der Waals surface area contributed by atoms with Crippen molar-refractivity contribution in [2.24, 2.45) is 0 Å². The molecular weight excluding hydrogens is 204 g/mol. The Morgan fingerprint density at radius 1 is 1.29 bits per heavy atom. The van der Waals surface area contributed by atoms with Gasteiger partial charge in [0.15, 0.2) is 0 Å². The van der Waals surface area contributed by atoms with E-state index in [1.807, 2.05) is 0 Å². The van der Waals surface area contributed by atoms with Crippen LogP contribution in [0.25, 0.3) is 0 Å². The Bertz CT molecular complexity index is 414. The molecule has 1 aromatic rings.